The van der Waals surface area contributed by atoms with E-state index in [1.807, 2.05) is 0 Å². The van der Waals surface area contributed by atoms with Gasteiger partial charge in [-0.25, -0.2) is 4.98 Å². The lowest BCUT2D eigenvalue weighted by Crippen LogP contribution is -2.40. The van der Waals surface area contributed by atoms with E-state index in [0.29, 0.717) is 37.7 Å². The molecule has 130 valence electrons. The van der Waals surface area contributed by atoms with Crippen LogP contribution in [0, 0.1) is 0 Å². The number of anilines is 1. The average Bonchev–Trinajstić information content (AvgIpc) is 2.64. The van der Waals surface area contributed by atoms with Crippen LogP contribution in [0.5, 0.6) is 0 Å². The molecular formula is C17H18N4O4. The molecule has 0 atom stereocenters. The van der Waals surface area contributed by atoms with Gasteiger partial charge in [0, 0.05) is 32.4 Å². The van der Waals surface area contributed by atoms with Crippen molar-refractivity contribution in [1.29, 1.82) is 0 Å². The minimum Gasteiger partial charge on any atom is -0.378 e. The Hall–Kier alpha value is -3.00. The van der Waals surface area contributed by atoms with Crippen molar-refractivity contribution in [1.82, 2.24) is 14.5 Å². The molecule has 1 aliphatic heterocycles. The van der Waals surface area contributed by atoms with Crippen molar-refractivity contribution in [3.8, 4) is 0 Å². The Balaban J connectivity index is 1.70. The number of pyridine rings is 2. The highest BCUT2D eigenvalue weighted by Gasteiger charge is 2.19. The van der Waals surface area contributed by atoms with E-state index in [9.17, 15) is 14.4 Å². The lowest BCUT2D eigenvalue weighted by atomic mass is 10.2. The Morgan fingerprint density at radius 2 is 1.92 bits per heavy atom. The number of ether oxygens (including phenoxy) is 1. The fourth-order valence-electron chi connectivity index (χ4n) is 2.52. The summed E-state index contributed by atoms with van der Waals surface area (Å²) in [6.07, 6.45) is 1.43. The number of rotatable bonds is 3. The van der Waals surface area contributed by atoms with Crippen LogP contribution in [0.2, 0.25) is 0 Å². The largest absolute Gasteiger partial charge is 0.378 e. The van der Waals surface area contributed by atoms with Crippen LogP contribution in [-0.4, -0.2) is 52.6 Å². The summed E-state index contributed by atoms with van der Waals surface area (Å²) in [5.74, 6) is -0.251. The number of carbonyl (C=O) groups excluding carboxylic acids is 2. The highest BCUT2D eigenvalue weighted by Crippen LogP contribution is 2.10. The van der Waals surface area contributed by atoms with Crippen molar-refractivity contribution in [3.63, 3.8) is 0 Å². The maximum absolute atomic E-state index is 12.3. The molecule has 3 rings (SSSR count). The smallest absolute Gasteiger partial charge is 0.273 e. The Morgan fingerprint density at radius 3 is 2.60 bits per heavy atom. The first-order chi connectivity index (χ1) is 12.1. The Bertz CT molecular complexity index is 838. The normalized spacial score (nSPS) is 14.2. The molecule has 25 heavy (non-hydrogen) atoms. The van der Waals surface area contributed by atoms with E-state index in [4.69, 9.17) is 4.74 Å². The number of nitrogens with one attached hydrogen (secondary N) is 1. The van der Waals surface area contributed by atoms with Crippen molar-refractivity contribution in [2.75, 3.05) is 31.6 Å². The molecule has 1 fully saturated rings. The summed E-state index contributed by atoms with van der Waals surface area (Å²) < 4.78 is 6.48. The molecule has 2 aromatic rings. The molecular weight excluding hydrogens is 324 g/mol. The molecule has 1 aliphatic rings. The number of nitrogens with zero attached hydrogens (tertiary/aromatic N) is 3. The zero-order chi connectivity index (χ0) is 17.8. The maximum Gasteiger partial charge on any atom is 0.273 e. The van der Waals surface area contributed by atoms with Gasteiger partial charge in [-0.05, 0) is 18.2 Å². The zero-order valence-corrected chi connectivity index (χ0v) is 13.8. The van der Waals surface area contributed by atoms with Gasteiger partial charge >= 0.3 is 0 Å². The van der Waals surface area contributed by atoms with Crippen molar-refractivity contribution in [2.24, 2.45) is 7.05 Å². The molecule has 0 unspecified atom stereocenters. The molecule has 8 heteroatoms. The molecule has 8 nitrogen and oxygen atoms in total. The minimum atomic E-state index is -0.444. The topological polar surface area (TPSA) is 93.5 Å². The summed E-state index contributed by atoms with van der Waals surface area (Å²) in [4.78, 5) is 42.0. The molecule has 0 bridgehead atoms. The van der Waals surface area contributed by atoms with E-state index in [1.165, 1.54) is 29.9 Å². The second-order valence-electron chi connectivity index (χ2n) is 5.60. The van der Waals surface area contributed by atoms with Crippen molar-refractivity contribution in [2.45, 2.75) is 0 Å². The van der Waals surface area contributed by atoms with Gasteiger partial charge in [0.15, 0.2) is 0 Å². The lowest BCUT2D eigenvalue weighted by molar-refractivity contribution is 0.0302. The van der Waals surface area contributed by atoms with E-state index in [1.54, 1.807) is 23.1 Å². The molecule has 3 heterocycles. The standard InChI is InChI=1S/C17H18N4O4/c1-20-13(3-2-4-15(20)22)16(23)19-14-6-5-12(11-18-14)17(24)21-7-9-25-10-8-21/h2-6,11H,7-10H2,1H3,(H,18,19,23). The quantitative estimate of drug-likeness (QED) is 0.877. The van der Waals surface area contributed by atoms with Crippen molar-refractivity contribution >= 4 is 17.6 Å². The molecule has 1 saturated heterocycles. The minimum absolute atomic E-state index is 0.112. The van der Waals surface area contributed by atoms with Crippen molar-refractivity contribution in [3.05, 3.63) is 58.1 Å². The summed E-state index contributed by atoms with van der Waals surface area (Å²) in [6, 6.07) is 7.62. The van der Waals surface area contributed by atoms with E-state index in [-0.39, 0.29) is 17.2 Å². The van der Waals surface area contributed by atoms with Gasteiger partial charge in [0.25, 0.3) is 17.4 Å². The van der Waals surface area contributed by atoms with Crippen LogP contribution in [0.1, 0.15) is 20.8 Å². The highest BCUT2D eigenvalue weighted by atomic mass is 16.5. The number of carbonyl (C=O) groups is 2. The third kappa shape index (κ3) is 3.74. The highest BCUT2D eigenvalue weighted by molar-refractivity contribution is 6.02. The second kappa shape index (κ2) is 7.27. The predicted molar refractivity (Wildman–Crippen MR) is 90.6 cm³/mol. The van der Waals surface area contributed by atoms with Crippen molar-refractivity contribution < 1.29 is 14.3 Å². The van der Waals surface area contributed by atoms with Crippen LogP contribution in [0.4, 0.5) is 5.82 Å². The van der Waals surface area contributed by atoms with Gasteiger partial charge < -0.3 is 19.5 Å². The number of hydrogen-bond acceptors (Lipinski definition) is 5. The van der Waals surface area contributed by atoms with Gasteiger partial charge in [-0.1, -0.05) is 6.07 Å². The molecule has 0 radical (unpaired) electrons. The molecule has 2 aromatic heterocycles. The molecule has 1 N–H and O–H groups in total. The van der Waals surface area contributed by atoms with Crippen LogP contribution >= 0.6 is 0 Å². The van der Waals surface area contributed by atoms with Gasteiger partial charge in [-0.15, -0.1) is 0 Å². The Morgan fingerprint density at radius 1 is 1.16 bits per heavy atom. The fourth-order valence-corrected chi connectivity index (χ4v) is 2.52. The summed E-state index contributed by atoms with van der Waals surface area (Å²) in [7, 11) is 1.52. The summed E-state index contributed by atoms with van der Waals surface area (Å²) >= 11 is 0. The summed E-state index contributed by atoms with van der Waals surface area (Å²) in [5, 5.41) is 2.62. The third-order valence-corrected chi connectivity index (χ3v) is 3.97. The molecule has 0 aliphatic carbocycles. The summed E-state index contributed by atoms with van der Waals surface area (Å²) in [6.45, 7) is 2.17. The van der Waals surface area contributed by atoms with Crippen LogP contribution in [0.15, 0.2) is 41.3 Å². The number of morpholine rings is 1. The third-order valence-electron chi connectivity index (χ3n) is 3.97. The lowest BCUT2D eigenvalue weighted by Gasteiger charge is -2.26. The number of amides is 2. The fraction of sp³-hybridized carbons (Fsp3) is 0.294. The zero-order valence-electron chi connectivity index (χ0n) is 13.8. The molecule has 0 saturated carbocycles. The van der Waals surface area contributed by atoms with Gasteiger partial charge in [-0.3, -0.25) is 14.4 Å². The first-order valence-electron chi connectivity index (χ1n) is 7.87. The van der Waals surface area contributed by atoms with E-state index < -0.39 is 5.91 Å². The average molecular weight is 342 g/mol. The first-order valence-corrected chi connectivity index (χ1v) is 7.87. The van der Waals surface area contributed by atoms with Crippen LogP contribution < -0.4 is 10.9 Å². The van der Waals surface area contributed by atoms with Gasteiger partial charge in [0.05, 0.1) is 18.8 Å². The molecule has 0 aromatic carbocycles. The van der Waals surface area contributed by atoms with Gasteiger partial charge in [-0.2, -0.15) is 0 Å². The molecule has 2 amide bonds. The van der Waals surface area contributed by atoms with Gasteiger partial charge in [0.2, 0.25) is 0 Å². The van der Waals surface area contributed by atoms with Crippen LogP contribution in [0.3, 0.4) is 0 Å². The Kier molecular flexibility index (Phi) is 4.90. The molecule has 0 spiro atoms. The van der Waals surface area contributed by atoms with E-state index in [2.05, 4.69) is 10.3 Å². The van der Waals surface area contributed by atoms with Crippen LogP contribution in [0.25, 0.3) is 0 Å². The second-order valence-corrected chi connectivity index (χ2v) is 5.60. The van der Waals surface area contributed by atoms with Crippen LogP contribution in [-0.2, 0) is 11.8 Å². The number of aromatic nitrogens is 2. The number of hydrogen-bond donors (Lipinski definition) is 1. The first kappa shape index (κ1) is 16.8. The van der Waals surface area contributed by atoms with Gasteiger partial charge in [0.1, 0.15) is 11.5 Å². The van der Waals surface area contributed by atoms with E-state index >= 15 is 0 Å². The maximum atomic E-state index is 12.3. The van der Waals surface area contributed by atoms with E-state index in [0.717, 1.165) is 0 Å². The summed E-state index contributed by atoms with van der Waals surface area (Å²) in [5.41, 5.74) is 0.404. The SMILES string of the molecule is Cn1c(C(=O)Nc2ccc(C(=O)N3CCOCC3)cn2)cccc1=O. The monoisotopic (exact) mass is 342 g/mol. The Labute approximate surface area is 144 Å². The predicted octanol–water partition coefficient (Wildman–Crippen LogP) is 0.505.